The zero-order chi connectivity index (χ0) is 25.6. The Hall–Kier alpha value is -1.72. The molecular formula is C23H28Cl2F2N4O3S. The van der Waals surface area contributed by atoms with Gasteiger partial charge in [-0.25, -0.2) is 17.8 Å². The maximum Gasteiger partial charge on any atom is 0.267 e. The molecule has 12 heteroatoms. The van der Waals surface area contributed by atoms with E-state index < -0.39 is 32.3 Å². The molecule has 3 heterocycles. The summed E-state index contributed by atoms with van der Waals surface area (Å²) in [5, 5.41) is -0.710. The first kappa shape index (κ1) is 26.3. The van der Waals surface area contributed by atoms with Gasteiger partial charge in [-0.2, -0.15) is 4.39 Å². The second-order valence-electron chi connectivity index (χ2n) is 9.97. The van der Waals surface area contributed by atoms with E-state index in [4.69, 9.17) is 27.9 Å². The van der Waals surface area contributed by atoms with Gasteiger partial charge in [0, 0.05) is 33.3 Å². The van der Waals surface area contributed by atoms with Crippen LogP contribution in [0.2, 0.25) is 10.0 Å². The number of rotatable bonds is 7. The van der Waals surface area contributed by atoms with Gasteiger partial charge in [0.15, 0.2) is 5.82 Å². The summed E-state index contributed by atoms with van der Waals surface area (Å²) in [5.74, 6) is -2.39. The first-order valence-electron chi connectivity index (χ1n) is 11.2. The average Bonchev–Trinajstić information content (AvgIpc) is 3.33. The monoisotopic (exact) mass is 548 g/mol. The second-order valence-corrected chi connectivity index (χ2v) is 12.4. The smallest absolute Gasteiger partial charge is 0.267 e. The summed E-state index contributed by atoms with van der Waals surface area (Å²) in [5.41, 5.74) is 0.0729. The van der Waals surface area contributed by atoms with E-state index in [2.05, 4.69) is 23.7 Å². The topological polar surface area (TPSA) is 74.8 Å². The van der Waals surface area contributed by atoms with Crippen LogP contribution in [0.15, 0.2) is 29.2 Å². The molecule has 1 N–H and O–H groups in total. The van der Waals surface area contributed by atoms with Crippen LogP contribution < -0.4 is 9.62 Å². The van der Waals surface area contributed by atoms with Gasteiger partial charge in [-0.1, -0.05) is 43.1 Å². The third-order valence-corrected chi connectivity index (χ3v) is 8.86. The van der Waals surface area contributed by atoms with Crippen molar-refractivity contribution in [3.8, 4) is 0 Å². The van der Waals surface area contributed by atoms with Gasteiger partial charge >= 0.3 is 0 Å². The number of methoxy groups -OCH3 is 1. The number of likely N-dealkylation sites (tertiary alicyclic amines) is 1. The van der Waals surface area contributed by atoms with E-state index in [0.717, 1.165) is 32.1 Å². The van der Waals surface area contributed by atoms with Crippen LogP contribution in [0, 0.1) is 17.2 Å². The van der Waals surface area contributed by atoms with Crippen molar-refractivity contribution in [2.75, 3.05) is 49.5 Å². The van der Waals surface area contributed by atoms with Crippen molar-refractivity contribution in [2.24, 2.45) is 5.41 Å². The first-order valence-corrected chi connectivity index (χ1v) is 13.4. The molecule has 0 spiro atoms. The number of aromatic nitrogens is 1. The largest absolute Gasteiger partial charge is 0.375 e. The molecule has 4 rings (SSSR count). The number of hydrogen-bond acceptors (Lipinski definition) is 6. The lowest BCUT2D eigenvalue weighted by atomic mass is 9.93. The third kappa shape index (κ3) is 5.51. The van der Waals surface area contributed by atoms with Crippen LogP contribution in [0.25, 0.3) is 0 Å². The van der Waals surface area contributed by atoms with E-state index in [1.54, 1.807) is 7.11 Å². The number of nitrogens with zero attached hydrogens (tertiary/aromatic N) is 3. The van der Waals surface area contributed by atoms with E-state index in [1.165, 1.54) is 18.2 Å². The van der Waals surface area contributed by atoms with Crippen molar-refractivity contribution in [2.45, 2.75) is 37.2 Å². The highest BCUT2D eigenvalue weighted by Crippen LogP contribution is 2.41. The summed E-state index contributed by atoms with van der Waals surface area (Å²) in [4.78, 5) is 6.86. The van der Waals surface area contributed by atoms with E-state index in [0.29, 0.717) is 19.5 Å². The van der Waals surface area contributed by atoms with Crippen molar-refractivity contribution in [1.82, 2.24) is 9.88 Å². The van der Waals surface area contributed by atoms with Gasteiger partial charge in [0.05, 0.1) is 16.3 Å². The summed E-state index contributed by atoms with van der Waals surface area (Å²) >= 11 is 12.6. The van der Waals surface area contributed by atoms with Gasteiger partial charge < -0.3 is 9.64 Å². The lowest BCUT2D eigenvalue weighted by Gasteiger charge is -2.33. The third-order valence-electron chi connectivity index (χ3n) is 6.68. The minimum atomic E-state index is -4.53. The molecule has 35 heavy (non-hydrogen) atoms. The molecule has 0 saturated carbocycles. The maximum absolute atomic E-state index is 15.3. The predicted molar refractivity (Wildman–Crippen MR) is 133 cm³/mol. The summed E-state index contributed by atoms with van der Waals surface area (Å²) in [6, 6.07) is 4.90. The van der Waals surface area contributed by atoms with E-state index in [-0.39, 0.29) is 27.0 Å². The van der Waals surface area contributed by atoms with E-state index in [9.17, 15) is 12.8 Å². The van der Waals surface area contributed by atoms with Crippen LogP contribution in [0.3, 0.4) is 0 Å². The summed E-state index contributed by atoms with van der Waals surface area (Å²) in [6.45, 7) is 8.16. The van der Waals surface area contributed by atoms with E-state index in [1.807, 2.05) is 9.62 Å². The standard InChI is InChI=1S/C23H28Cl2F2N4O3S/c1-22(2)7-9-30(12-22)13-23(34-3)8-10-31(14-23)16-11-15(24)21(20(27)19(16)25)35(32,33)29-18-6-4-5-17(26)28-18/h4-6,11H,7-10,12-14H2,1-3H3,(H,28,29). The van der Waals surface area contributed by atoms with Crippen LogP contribution in [0.4, 0.5) is 20.3 Å². The summed E-state index contributed by atoms with van der Waals surface area (Å²) in [7, 11) is -2.86. The molecule has 0 aliphatic carbocycles. The quantitative estimate of drug-likeness (QED) is 0.396. The zero-order valence-electron chi connectivity index (χ0n) is 19.7. The van der Waals surface area contributed by atoms with Crippen molar-refractivity contribution in [3.63, 3.8) is 0 Å². The highest BCUT2D eigenvalue weighted by molar-refractivity contribution is 7.92. The Labute approximate surface area is 214 Å². The number of halogens is 4. The number of ether oxygens (including phenoxy) is 1. The van der Waals surface area contributed by atoms with Gasteiger partial charge in [0.25, 0.3) is 10.0 Å². The van der Waals surface area contributed by atoms with E-state index >= 15 is 4.39 Å². The normalized spacial score (nSPS) is 22.7. The number of pyridine rings is 1. The number of sulfonamides is 1. The number of nitrogens with one attached hydrogen (secondary N) is 1. The van der Waals surface area contributed by atoms with Crippen molar-refractivity contribution >= 4 is 44.7 Å². The number of anilines is 2. The minimum Gasteiger partial charge on any atom is -0.375 e. The van der Waals surface area contributed by atoms with Gasteiger partial charge in [0.1, 0.15) is 15.7 Å². The predicted octanol–water partition coefficient (Wildman–Crippen LogP) is 4.79. The number of hydrogen-bond donors (Lipinski definition) is 1. The molecule has 0 bridgehead atoms. The van der Waals surface area contributed by atoms with Crippen LogP contribution >= 0.6 is 23.2 Å². The van der Waals surface area contributed by atoms with Crippen molar-refractivity contribution in [3.05, 3.63) is 46.1 Å². The van der Waals surface area contributed by atoms with Crippen molar-refractivity contribution in [1.29, 1.82) is 0 Å². The fourth-order valence-corrected chi connectivity index (χ4v) is 6.83. The average molecular weight is 549 g/mol. The molecule has 2 saturated heterocycles. The van der Waals surface area contributed by atoms with Gasteiger partial charge in [-0.3, -0.25) is 9.62 Å². The Balaban J connectivity index is 1.58. The lowest BCUT2D eigenvalue weighted by Crippen LogP contribution is -2.46. The maximum atomic E-state index is 15.3. The second kappa shape index (κ2) is 9.63. The molecule has 7 nitrogen and oxygen atoms in total. The molecule has 1 unspecified atom stereocenters. The fourth-order valence-electron chi connectivity index (χ4n) is 4.87. The highest BCUT2D eigenvalue weighted by Gasteiger charge is 2.43. The van der Waals surface area contributed by atoms with Crippen LogP contribution in [0.5, 0.6) is 0 Å². The summed E-state index contributed by atoms with van der Waals surface area (Å²) in [6.07, 6.45) is 1.81. The van der Waals surface area contributed by atoms with Crippen LogP contribution in [0.1, 0.15) is 26.7 Å². The van der Waals surface area contributed by atoms with Gasteiger partial charge in [-0.15, -0.1) is 0 Å². The van der Waals surface area contributed by atoms with Gasteiger partial charge in [0.2, 0.25) is 5.95 Å². The fraction of sp³-hybridized carbons (Fsp3) is 0.522. The van der Waals surface area contributed by atoms with Crippen molar-refractivity contribution < 1.29 is 21.9 Å². The minimum absolute atomic E-state index is 0.254. The first-order chi connectivity index (χ1) is 16.3. The lowest BCUT2D eigenvalue weighted by molar-refractivity contribution is -0.0166. The molecular weight excluding hydrogens is 521 g/mol. The molecule has 1 aromatic heterocycles. The molecule has 0 radical (unpaired) electrons. The molecule has 2 fully saturated rings. The van der Waals surface area contributed by atoms with Crippen LogP contribution in [-0.2, 0) is 14.8 Å². The Morgan fingerprint density at radius 3 is 2.54 bits per heavy atom. The van der Waals surface area contributed by atoms with Crippen LogP contribution in [-0.4, -0.2) is 63.7 Å². The molecule has 0 amide bonds. The molecule has 192 valence electrons. The SMILES string of the molecule is COC1(CN2CCC(C)(C)C2)CCN(c2cc(Cl)c(S(=O)(=O)Nc3cccc(F)n3)c(F)c2Cl)C1. The Bertz CT molecular complexity index is 1230. The molecule has 2 aliphatic rings. The molecule has 1 aromatic carbocycles. The Kier molecular flexibility index (Phi) is 7.25. The van der Waals surface area contributed by atoms with Gasteiger partial charge in [-0.05, 0) is 43.0 Å². The Morgan fingerprint density at radius 1 is 1.17 bits per heavy atom. The molecule has 2 aromatic rings. The number of benzene rings is 1. The highest BCUT2D eigenvalue weighted by atomic mass is 35.5. The zero-order valence-corrected chi connectivity index (χ0v) is 22.1. The molecule has 2 aliphatic heterocycles. The Morgan fingerprint density at radius 2 is 1.91 bits per heavy atom. The molecule has 1 atom stereocenters. The summed E-state index contributed by atoms with van der Waals surface area (Å²) < 4.78 is 62.4.